The average Bonchev–Trinajstić information content (AvgIpc) is 2.21. The molecule has 7 heteroatoms. The molecule has 0 bridgehead atoms. The van der Waals surface area contributed by atoms with Gasteiger partial charge >= 0.3 is 0 Å². The summed E-state index contributed by atoms with van der Waals surface area (Å²) in [5, 5.41) is 22.3. The fraction of sp³-hybridized carbons (Fsp3) is 0.222. The van der Waals surface area contributed by atoms with Crippen molar-refractivity contribution >= 4 is 29.0 Å². The highest BCUT2D eigenvalue weighted by atomic mass is 32.2. The molecule has 0 aliphatic heterocycles. The second-order valence-electron chi connectivity index (χ2n) is 2.94. The third-order valence-electron chi connectivity index (χ3n) is 1.74. The molecule has 1 amide bonds. The van der Waals surface area contributed by atoms with Crippen LogP contribution < -0.4 is 5.32 Å². The van der Waals surface area contributed by atoms with E-state index in [-0.39, 0.29) is 28.8 Å². The van der Waals surface area contributed by atoms with Crippen LogP contribution in [0, 0.1) is 10.1 Å². The van der Waals surface area contributed by atoms with Crippen LogP contribution in [0.3, 0.4) is 0 Å². The van der Waals surface area contributed by atoms with Crippen molar-refractivity contribution < 1.29 is 14.8 Å². The van der Waals surface area contributed by atoms with E-state index in [0.29, 0.717) is 0 Å². The highest BCUT2D eigenvalue weighted by Crippen LogP contribution is 2.27. The number of phenols is 1. The van der Waals surface area contributed by atoms with Crippen molar-refractivity contribution in [3.8, 4) is 5.75 Å². The summed E-state index contributed by atoms with van der Waals surface area (Å²) >= 11 is 1.34. The van der Waals surface area contributed by atoms with Crippen LogP contribution >= 0.6 is 11.8 Å². The van der Waals surface area contributed by atoms with Gasteiger partial charge in [0.05, 0.1) is 22.4 Å². The predicted octanol–water partition coefficient (Wildman–Crippen LogP) is 1.60. The Hall–Kier alpha value is -1.76. The van der Waals surface area contributed by atoms with Crippen LogP contribution in [0.4, 0.5) is 11.4 Å². The third kappa shape index (κ3) is 3.13. The van der Waals surface area contributed by atoms with Gasteiger partial charge in [0.1, 0.15) is 5.75 Å². The molecule has 86 valence electrons. The van der Waals surface area contributed by atoms with Gasteiger partial charge in [-0.05, 0) is 12.3 Å². The molecular formula is C9H10N2O4S. The lowest BCUT2D eigenvalue weighted by molar-refractivity contribution is -0.384. The average molecular weight is 242 g/mol. The van der Waals surface area contributed by atoms with E-state index >= 15 is 0 Å². The zero-order valence-electron chi connectivity index (χ0n) is 8.47. The highest BCUT2D eigenvalue weighted by Gasteiger charge is 2.11. The number of carbonyl (C=O) groups excluding carboxylic acids is 1. The van der Waals surface area contributed by atoms with Crippen molar-refractivity contribution in [1.82, 2.24) is 0 Å². The molecule has 1 rings (SSSR count). The van der Waals surface area contributed by atoms with Crippen molar-refractivity contribution in [3.05, 3.63) is 28.3 Å². The number of nitrogens with zero attached hydrogens (tertiary/aromatic N) is 1. The summed E-state index contributed by atoms with van der Waals surface area (Å²) in [5.74, 6) is -0.323. The lowest BCUT2D eigenvalue weighted by Gasteiger charge is -2.05. The Morgan fingerprint density at radius 2 is 2.31 bits per heavy atom. The van der Waals surface area contributed by atoms with E-state index in [2.05, 4.69) is 5.32 Å². The summed E-state index contributed by atoms with van der Waals surface area (Å²) in [6.45, 7) is 0. The minimum absolute atomic E-state index is 0.171. The largest absolute Gasteiger partial charge is 0.506 e. The van der Waals surface area contributed by atoms with Gasteiger partial charge in [-0.15, -0.1) is 0 Å². The minimum atomic E-state index is -0.618. The molecule has 0 heterocycles. The second kappa shape index (κ2) is 5.36. The molecule has 1 aromatic carbocycles. The molecule has 0 spiro atoms. The standard InChI is InChI=1S/C9H10N2O4S/c1-16-5-9(13)10-7-3-2-6(11(14)15)4-8(7)12/h2-4,12H,5H2,1H3,(H,10,13). The molecule has 16 heavy (non-hydrogen) atoms. The molecule has 0 aliphatic rings. The summed E-state index contributed by atoms with van der Waals surface area (Å²) in [5.41, 5.74) is -0.0509. The van der Waals surface area contributed by atoms with Crippen LogP contribution in [0.1, 0.15) is 0 Å². The molecule has 0 fully saturated rings. The van der Waals surface area contributed by atoms with E-state index in [1.54, 1.807) is 6.26 Å². The van der Waals surface area contributed by atoms with Crippen LogP contribution in [-0.2, 0) is 4.79 Å². The highest BCUT2D eigenvalue weighted by molar-refractivity contribution is 7.99. The van der Waals surface area contributed by atoms with E-state index in [1.807, 2.05) is 0 Å². The van der Waals surface area contributed by atoms with Crippen LogP contribution in [0.15, 0.2) is 18.2 Å². The summed E-state index contributed by atoms with van der Waals surface area (Å²) in [7, 11) is 0. The number of aromatic hydroxyl groups is 1. The molecule has 6 nitrogen and oxygen atoms in total. The summed E-state index contributed by atoms with van der Waals surface area (Å²) in [4.78, 5) is 21.0. The molecule has 0 unspecified atom stereocenters. The van der Waals surface area contributed by atoms with Gasteiger partial charge in [0.2, 0.25) is 5.91 Å². The van der Waals surface area contributed by atoms with Crippen molar-refractivity contribution in [2.75, 3.05) is 17.3 Å². The number of benzene rings is 1. The molecule has 0 aliphatic carbocycles. The number of phenolic OH excluding ortho intramolecular Hbond substituents is 1. The monoisotopic (exact) mass is 242 g/mol. The first-order valence-electron chi connectivity index (χ1n) is 4.30. The second-order valence-corrected chi connectivity index (χ2v) is 3.81. The Bertz CT molecular complexity index is 422. The first kappa shape index (κ1) is 12.3. The summed E-state index contributed by atoms with van der Waals surface area (Å²) < 4.78 is 0. The van der Waals surface area contributed by atoms with E-state index in [0.717, 1.165) is 6.07 Å². The first-order chi connectivity index (χ1) is 7.54. The lowest BCUT2D eigenvalue weighted by Crippen LogP contribution is -2.13. The van der Waals surface area contributed by atoms with Crippen LogP contribution in [0.25, 0.3) is 0 Å². The maximum absolute atomic E-state index is 11.2. The quantitative estimate of drug-likeness (QED) is 0.475. The van der Waals surface area contributed by atoms with Gasteiger partial charge in [-0.1, -0.05) is 0 Å². The Morgan fingerprint density at radius 1 is 1.62 bits per heavy atom. The fourth-order valence-corrected chi connectivity index (χ4v) is 1.39. The number of rotatable bonds is 4. The van der Waals surface area contributed by atoms with Crippen molar-refractivity contribution in [2.45, 2.75) is 0 Å². The Labute approximate surface area is 95.8 Å². The Kier molecular flexibility index (Phi) is 4.12. The molecule has 0 saturated carbocycles. The molecular weight excluding hydrogens is 232 g/mol. The minimum Gasteiger partial charge on any atom is -0.506 e. The SMILES string of the molecule is CSCC(=O)Nc1ccc([N+](=O)[O-])cc1O. The number of hydrogen-bond acceptors (Lipinski definition) is 5. The van der Waals surface area contributed by atoms with Crippen LogP contribution in [0.5, 0.6) is 5.75 Å². The fourth-order valence-electron chi connectivity index (χ4n) is 1.06. The number of nitrogens with one attached hydrogen (secondary N) is 1. The molecule has 0 saturated heterocycles. The van der Waals surface area contributed by atoms with Gasteiger partial charge in [0, 0.05) is 6.07 Å². The zero-order valence-corrected chi connectivity index (χ0v) is 9.28. The number of carbonyl (C=O) groups is 1. The van der Waals surface area contributed by atoms with Gasteiger partial charge in [-0.3, -0.25) is 14.9 Å². The molecule has 1 aromatic rings. The van der Waals surface area contributed by atoms with Crippen molar-refractivity contribution in [3.63, 3.8) is 0 Å². The number of anilines is 1. The summed E-state index contributed by atoms with van der Waals surface area (Å²) in [6.07, 6.45) is 1.77. The number of non-ortho nitro benzene ring substituents is 1. The predicted molar refractivity (Wildman–Crippen MR) is 61.8 cm³/mol. The van der Waals surface area contributed by atoms with E-state index in [9.17, 15) is 20.0 Å². The topological polar surface area (TPSA) is 92.5 Å². The summed E-state index contributed by atoms with van der Waals surface area (Å²) in [6, 6.07) is 3.51. The Morgan fingerprint density at radius 3 is 2.81 bits per heavy atom. The van der Waals surface area contributed by atoms with Gasteiger partial charge < -0.3 is 10.4 Å². The maximum Gasteiger partial charge on any atom is 0.273 e. The molecule has 0 atom stereocenters. The Balaban J connectivity index is 2.83. The van der Waals surface area contributed by atoms with Crippen molar-refractivity contribution in [1.29, 1.82) is 0 Å². The van der Waals surface area contributed by atoms with E-state index < -0.39 is 4.92 Å². The van der Waals surface area contributed by atoms with Gasteiger partial charge in [0.15, 0.2) is 0 Å². The molecule has 0 radical (unpaired) electrons. The third-order valence-corrected chi connectivity index (χ3v) is 2.29. The van der Waals surface area contributed by atoms with E-state index in [4.69, 9.17) is 0 Å². The van der Waals surface area contributed by atoms with Crippen LogP contribution in [0.2, 0.25) is 0 Å². The number of thioether (sulfide) groups is 1. The number of nitro benzene ring substituents is 1. The first-order valence-corrected chi connectivity index (χ1v) is 5.70. The number of nitro groups is 1. The van der Waals surface area contributed by atoms with E-state index in [1.165, 1.54) is 23.9 Å². The van der Waals surface area contributed by atoms with Crippen LogP contribution in [-0.4, -0.2) is 27.9 Å². The molecule has 2 N–H and O–H groups in total. The smallest absolute Gasteiger partial charge is 0.273 e. The zero-order chi connectivity index (χ0) is 12.1. The number of hydrogen-bond donors (Lipinski definition) is 2. The van der Waals surface area contributed by atoms with Gasteiger partial charge in [-0.2, -0.15) is 11.8 Å². The normalized spacial score (nSPS) is 9.81. The van der Waals surface area contributed by atoms with Gasteiger partial charge in [0.25, 0.3) is 5.69 Å². The lowest BCUT2D eigenvalue weighted by atomic mass is 10.2. The number of amides is 1. The molecule has 0 aromatic heterocycles. The maximum atomic E-state index is 11.2. The van der Waals surface area contributed by atoms with Gasteiger partial charge in [-0.25, -0.2) is 0 Å². The van der Waals surface area contributed by atoms with Crippen molar-refractivity contribution in [2.24, 2.45) is 0 Å².